The minimum absolute atomic E-state index is 0.928. The monoisotopic (exact) mass is 149 g/mol. The summed E-state index contributed by atoms with van der Waals surface area (Å²) in [4.78, 5) is 9.68. The van der Waals surface area contributed by atoms with E-state index in [-0.39, 0.29) is 0 Å². The van der Waals surface area contributed by atoms with Crippen molar-refractivity contribution in [3.63, 3.8) is 0 Å². The molecule has 0 aromatic carbocycles. The van der Waals surface area contributed by atoms with Crippen LogP contribution in [0.15, 0.2) is 36.5 Å². The molecule has 0 fully saturated rings. The summed E-state index contributed by atoms with van der Waals surface area (Å²) in [5.41, 5.74) is 0. The number of carbonyl (C=O) groups excluding carboxylic acids is 1. The van der Waals surface area contributed by atoms with E-state index in [2.05, 4.69) is 19.1 Å². The van der Waals surface area contributed by atoms with E-state index >= 15 is 0 Å². The maximum absolute atomic E-state index is 9.68. The van der Waals surface area contributed by atoms with Gasteiger partial charge in [-0.2, -0.15) is 0 Å². The fourth-order valence-electron chi connectivity index (χ4n) is 0.593. The molecule has 0 aromatic heterocycles. The van der Waals surface area contributed by atoms with Gasteiger partial charge < -0.3 is 0 Å². The molecule has 11 heavy (non-hydrogen) atoms. The molecule has 1 nitrogen and oxygen atoms in total. The average Bonchev–Trinajstić information content (AvgIpc) is 2.03. The molecule has 0 saturated carbocycles. The van der Waals surface area contributed by atoms with Crippen molar-refractivity contribution in [2.45, 2.75) is 19.8 Å². The van der Waals surface area contributed by atoms with Crippen molar-refractivity contribution in [3.05, 3.63) is 36.5 Å². The summed E-state index contributed by atoms with van der Waals surface area (Å²) in [5.74, 6) is 0. The maximum Gasteiger partial charge on any atom is 0.225 e. The van der Waals surface area contributed by atoms with Gasteiger partial charge in [0.15, 0.2) is 0 Å². The van der Waals surface area contributed by atoms with E-state index in [4.69, 9.17) is 0 Å². The molecule has 0 bridgehead atoms. The summed E-state index contributed by atoms with van der Waals surface area (Å²) >= 11 is 0. The van der Waals surface area contributed by atoms with Crippen LogP contribution >= 0.6 is 0 Å². The molecular formula is C10H13O. The Morgan fingerprint density at radius 3 is 2.64 bits per heavy atom. The second-order valence-electron chi connectivity index (χ2n) is 2.02. The van der Waals surface area contributed by atoms with Crippen molar-refractivity contribution in [1.82, 2.24) is 0 Å². The zero-order chi connectivity index (χ0) is 8.36. The van der Waals surface area contributed by atoms with Crippen molar-refractivity contribution < 1.29 is 4.79 Å². The van der Waals surface area contributed by atoms with Crippen LogP contribution in [0, 0.1) is 0 Å². The Morgan fingerprint density at radius 1 is 1.18 bits per heavy atom. The van der Waals surface area contributed by atoms with Gasteiger partial charge in [0.05, 0.1) is 0 Å². The quantitative estimate of drug-likeness (QED) is 0.333. The summed E-state index contributed by atoms with van der Waals surface area (Å²) in [5, 5.41) is 0. The standard InChI is InChI=1S/C10H13O/c1-2-3-4-5-6-7-8-9-10-11/h3-4,6-9H,2,5H2,1H3. The lowest BCUT2D eigenvalue weighted by molar-refractivity contribution is 0.564. The molecule has 1 radical (unpaired) electrons. The highest BCUT2D eigenvalue weighted by Crippen LogP contribution is 1.88. The summed E-state index contributed by atoms with van der Waals surface area (Å²) in [7, 11) is 0. The first-order chi connectivity index (χ1) is 5.41. The molecule has 0 aromatic rings. The minimum Gasteiger partial charge on any atom is -0.286 e. The number of hydrogen-bond acceptors (Lipinski definition) is 1. The lowest BCUT2D eigenvalue weighted by atomic mass is 10.3. The minimum atomic E-state index is 0.928. The molecule has 0 saturated heterocycles. The van der Waals surface area contributed by atoms with Gasteiger partial charge in [-0.05, 0) is 18.9 Å². The van der Waals surface area contributed by atoms with Gasteiger partial charge in [0.25, 0.3) is 0 Å². The van der Waals surface area contributed by atoms with Gasteiger partial charge in [0, 0.05) is 0 Å². The fourth-order valence-corrected chi connectivity index (χ4v) is 0.593. The lowest BCUT2D eigenvalue weighted by Gasteiger charge is -1.78. The van der Waals surface area contributed by atoms with Crippen molar-refractivity contribution in [2.24, 2.45) is 0 Å². The molecule has 0 amide bonds. The van der Waals surface area contributed by atoms with E-state index in [0.717, 1.165) is 12.8 Å². The van der Waals surface area contributed by atoms with Crippen LogP contribution in [-0.4, -0.2) is 6.29 Å². The molecule has 1 heteroatoms. The molecule has 0 aliphatic carbocycles. The van der Waals surface area contributed by atoms with Crippen molar-refractivity contribution in [2.75, 3.05) is 0 Å². The highest BCUT2D eigenvalue weighted by Gasteiger charge is 1.68. The molecule has 0 atom stereocenters. The molecule has 0 heterocycles. The van der Waals surface area contributed by atoms with Crippen LogP contribution in [0.4, 0.5) is 0 Å². The average molecular weight is 149 g/mol. The molecule has 0 rings (SSSR count). The zero-order valence-electron chi connectivity index (χ0n) is 6.79. The number of rotatable bonds is 5. The Hall–Kier alpha value is -1.11. The van der Waals surface area contributed by atoms with E-state index in [1.807, 2.05) is 12.2 Å². The normalized spacial score (nSPS) is 12.1. The highest BCUT2D eigenvalue weighted by molar-refractivity contribution is 5.66. The van der Waals surface area contributed by atoms with Crippen molar-refractivity contribution >= 4 is 6.29 Å². The van der Waals surface area contributed by atoms with Gasteiger partial charge in [-0.1, -0.05) is 37.3 Å². The van der Waals surface area contributed by atoms with Gasteiger partial charge in [-0.15, -0.1) is 0 Å². The molecule has 0 unspecified atom stereocenters. The van der Waals surface area contributed by atoms with Crippen LogP contribution in [0.5, 0.6) is 0 Å². The van der Waals surface area contributed by atoms with E-state index in [1.165, 1.54) is 6.08 Å². The third-order valence-electron chi connectivity index (χ3n) is 1.09. The van der Waals surface area contributed by atoms with Crippen molar-refractivity contribution in [1.29, 1.82) is 0 Å². The topological polar surface area (TPSA) is 17.1 Å². The predicted octanol–water partition coefficient (Wildman–Crippen LogP) is 2.56. The van der Waals surface area contributed by atoms with Crippen LogP contribution in [0.1, 0.15) is 19.8 Å². The fraction of sp³-hybridized carbons (Fsp3) is 0.300. The zero-order valence-corrected chi connectivity index (χ0v) is 6.79. The SMILES string of the molecule is CCC=CCC=CC=C[C]=O. The molecule has 0 aliphatic heterocycles. The van der Waals surface area contributed by atoms with E-state index < -0.39 is 0 Å². The molecular weight excluding hydrogens is 136 g/mol. The summed E-state index contributed by atoms with van der Waals surface area (Å²) in [6.45, 7) is 2.10. The largest absolute Gasteiger partial charge is 0.286 e. The van der Waals surface area contributed by atoms with Crippen LogP contribution in [0.2, 0.25) is 0 Å². The number of hydrogen-bond donors (Lipinski definition) is 0. The summed E-state index contributed by atoms with van der Waals surface area (Å²) in [6, 6.07) is 0. The number of allylic oxidation sites excluding steroid dienone is 6. The third kappa shape index (κ3) is 8.89. The maximum atomic E-state index is 9.68. The van der Waals surface area contributed by atoms with Crippen LogP contribution in [0.3, 0.4) is 0 Å². The van der Waals surface area contributed by atoms with Gasteiger partial charge in [-0.25, -0.2) is 0 Å². The molecule has 59 valence electrons. The Morgan fingerprint density at radius 2 is 2.00 bits per heavy atom. The Balaban J connectivity index is 3.36. The second kappa shape index (κ2) is 8.89. The van der Waals surface area contributed by atoms with Gasteiger partial charge >= 0.3 is 0 Å². The Labute approximate surface area is 68.1 Å². The van der Waals surface area contributed by atoms with Gasteiger partial charge in [0.2, 0.25) is 6.29 Å². The Bertz CT molecular complexity index is 164. The van der Waals surface area contributed by atoms with Crippen LogP contribution in [0.25, 0.3) is 0 Å². The second-order valence-corrected chi connectivity index (χ2v) is 2.02. The van der Waals surface area contributed by atoms with Crippen LogP contribution < -0.4 is 0 Å². The first-order valence-electron chi connectivity index (χ1n) is 3.76. The van der Waals surface area contributed by atoms with E-state index in [9.17, 15) is 4.79 Å². The van der Waals surface area contributed by atoms with E-state index in [1.54, 1.807) is 12.4 Å². The van der Waals surface area contributed by atoms with E-state index in [0.29, 0.717) is 0 Å². The smallest absolute Gasteiger partial charge is 0.225 e. The Kier molecular flexibility index (Phi) is 7.99. The summed E-state index contributed by atoms with van der Waals surface area (Å²) < 4.78 is 0. The summed E-state index contributed by atoms with van der Waals surface area (Å²) in [6.07, 6.45) is 14.7. The van der Waals surface area contributed by atoms with Crippen LogP contribution in [-0.2, 0) is 4.79 Å². The highest BCUT2D eigenvalue weighted by atomic mass is 16.1. The first kappa shape index (κ1) is 9.89. The van der Waals surface area contributed by atoms with Crippen molar-refractivity contribution in [3.8, 4) is 0 Å². The first-order valence-corrected chi connectivity index (χ1v) is 3.76. The third-order valence-corrected chi connectivity index (χ3v) is 1.09. The predicted molar refractivity (Wildman–Crippen MR) is 48.0 cm³/mol. The lowest BCUT2D eigenvalue weighted by Crippen LogP contribution is -1.59. The van der Waals surface area contributed by atoms with Gasteiger partial charge in [-0.3, -0.25) is 4.79 Å². The van der Waals surface area contributed by atoms with Gasteiger partial charge in [0.1, 0.15) is 0 Å². The molecule has 0 aliphatic rings. The molecule has 0 spiro atoms. The molecule has 0 N–H and O–H groups in total.